The SMILES string of the molecule is CC(O)(c1ccccc1)c1ccccc1.OC(Cc1ccccc1)(c1ccccc1)c1ccccc1.OC(c1ccccc1)(c1ccccc1)c1ccccc1.OC(c1ccccc1)c1ccccc1.OC1C(C2CCCCC2)CCCC1C1CCCCC1.OC1CCC(C2CCCC(C3CCC(O)CC3)C2)CC1.OC1CCCC(C2CCCC(C3CCCCC3)C2O)C1. The van der Waals surface area contributed by atoms with Crippen molar-refractivity contribution in [2.24, 2.45) is 71.0 Å². The minimum Gasteiger partial charge on any atom is -0.393 e. The molecule has 9 heteroatoms. The van der Waals surface area contributed by atoms with Crippen molar-refractivity contribution in [3.63, 3.8) is 0 Å². The van der Waals surface area contributed by atoms with Gasteiger partial charge in [-0.2, -0.15) is 0 Å². The van der Waals surface area contributed by atoms with Gasteiger partial charge in [-0.15, -0.1) is 0 Å². The number of rotatable bonds is 17. The molecule has 0 bridgehead atoms. The summed E-state index contributed by atoms with van der Waals surface area (Å²) < 4.78 is 0. The summed E-state index contributed by atoms with van der Waals surface area (Å²) in [6.45, 7) is 1.82. The van der Waals surface area contributed by atoms with Gasteiger partial charge in [0.1, 0.15) is 22.9 Å². The maximum Gasteiger partial charge on any atom is 0.140 e. The molecule has 690 valence electrons. The lowest BCUT2D eigenvalue weighted by Gasteiger charge is -2.44. The summed E-state index contributed by atoms with van der Waals surface area (Å²) in [4.78, 5) is 0. The van der Waals surface area contributed by atoms with Crippen molar-refractivity contribution in [1.29, 1.82) is 0 Å². The Hall–Kier alpha value is -8.16. The van der Waals surface area contributed by atoms with E-state index in [1.165, 1.54) is 193 Å². The van der Waals surface area contributed by atoms with Gasteiger partial charge in [0.2, 0.25) is 0 Å². The third kappa shape index (κ3) is 28.2. The van der Waals surface area contributed by atoms with Crippen LogP contribution in [0.4, 0.5) is 0 Å². The van der Waals surface area contributed by atoms with Crippen LogP contribution in [0.5, 0.6) is 0 Å². The first kappa shape index (κ1) is 98.3. The standard InChI is InChI=1S/C20H18O.C19H16O.2C18H32O2.C18H32O.C14H14O.C13H12O/c21-20(18-12-6-2-7-13-18,19-14-8-3-9-15-19)16-17-10-4-1-5-11-17;20-19(16-10-4-1-5-11-16,17-12-6-2-7-13-17)18-14-8-3-9-15-18;19-17-8-4-13(5-9-17)15-2-1-3-16(12-15)14-6-10-18(20)11-7-14;19-15-9-4-8-14(12-15)17-11-5-10-16(18(17)20)13-6-2-1-3-7-13;19-18-16(14-8-3-1-4-9-14)12-7-13-17(18)15-10-5-2-6-11-15;1-14(15,12-8-4-2-5-9-12)13-10-6-3-7-11-13;14-13(11-7-3-1-4-8-11)12-9-5-2-6-10-12/h1-15,21H,16H2;1-15,20H;2*13-20H,1-12H2;14-19H,1-13H2;2-11,15H,1H3;1-10,13-14H. The maximum absolute atomic E-state index is 11.4. The molecule has 0 spiro atoms. The van der Waals surface area contributed by atoms with Gasteiger partial charge in [0, 0.05) is 6.42 Å². The Kier molecular flexibility index (Phi) is 39.0. The van der Waals surface area contributed by atoms with Crippen LogP contribution in [-0.4, -0.2) is 76.5 Å². The molecular weight excluding hydrogens is 1590 g/mol. The lowest BCUT2D eigenvalue weighted by atomic mass is 9.63. The van der Waals surface area contributed by atoms with E-state index in [-0.39, 0.29) is 30.5 Å². The summed E-state index contributed by atoms with van der Waals surface area (Å²) >= 11 is 0. The Morgan fingerprint density at radius 3 is 0.806 bits per heavy atom. The third-order valence-electron chi connectivity index (χ3n) is 31.8. The van der Waals surface area contributed by atoms with E-state index in [9.17, 15) is 46.0 Å². The van der Waals surface area contributed by atoms with Gasteiger partial charge < -0.3 is 46.0 Å². The quantitative estimate of drug-likeness (QED) is 0.0401. The van der Waals surface area contributed by atoms with Gasteiger partial charge in [-0.25, -0.2) is 0 Å². The zero-order valence-corrected chi connectivity index (χ0v) is 77.7. The average molecular weight is 1740 g/mol. The van der Waals surface area contributed by atoms with E-state index in [0.717, 1.165) is 142 Å². The van der Waals surface area contributed by atoms with E-state index in [0.29, 0.717) is 36.0 Å². The molecule has 9 N–H and O–H groups in total. The molecule has 0 saturated heterocycles. The molecule has 0 radical (unpaired) electrons. The Balaban J connectivity index is 0.000000129. The second-order valence-electron chi connectivity index (χ2n) is 40.2. The van der Waals surface area contributed by atoms with Crippen LogP contribution >= 0.6 is 0 Å². The van der Waals surface area contributed by atoms with Crippen molar-refractivity contribution < 1.29 is 46.0 Å². The molecule has 0 heterocycles. The fourth-order valence-corrected chi connectivity index (χ4v) is 24.5. The van der Waals surface area contributed by atoms with Crippen LogP contribution in [0, 0.1) is 71.0 Å². The summed E-state index contributed by atoms with van der Waals surface area (Å²) in [5.74, 6) is 9.10. The Labute approximate surface area is 775 Å². The summed E-state index contributed by atoms with van der Waals surface area (Å²) in [5.41, 5.74) is 6.21. The van der Waals surface area contributed by atoms with Crippen molar-refractivity contribution >= 4 is 0 Å². The zero-order valence-electron chi connectivity index (χ0n) is 77.7. The summed E-state index contributed by atoms with van der Waals surface area (Å²) in [5, 5.41) is 94.4. The van der Waals surface area contributed by atoms with E-state index >= 15 is 0 Å². The topological polar surface area (TPSA) is 182 Å². The zero-order chi connectivity index (χ0) is 89.9. The summed E-state index contributed by atoms with van der Waals surface area (Å²) in [6.07, 6.45) is 47.9. The lowest BCUT2D eigenvalue weighted by molar-refractivity contribution is -0.0542. The average Bonchev–Trinajstić information content (AvgIpc) is 0.765. The van der Waals surface area contributed by atoms with Crippen molar-refractivity contribution in [2.75, 3.05) is 0 Å². The van der Waals surface area contributed by atoms with Crippen LogP contribution in [0.2, 0.25) is 0 Å². The highest BCUT2D eigenvalue weighted by Gasteiger charge is 2.44. The Morgan fingerprint density at radius 1 is 0.233 bits per heavy atom. The fraction of sp³-hybridized carbons (Fsp3) is 0.500. The first-order chi connectivity index (χ1) is 63.0. The number of aliphatic hydroxyl groups excluding tert-OH is 6. The van der Waals surface area contributed by atoms with Crippen LogP contribution in [-0.2, 0) is 23.2 Å². The monoisotopic (exact) mass is 1740 g/mol. The molecule has 0 amide bonds. The maximum atomic E-state index is 11.4. The predicted molar refractivity (Wildman–Crippen MR) is 529 cm³/mol. The van der Waals surface area contributed by atoms with Gasteiger partial charge in [0.05, 0.1) is 30.5 Å². The van der Waals surface area contributed by atoms with E-state index in [4.69, 9.17) is 0 Å². The van der Waals surface area contributed by atoms with Crippen LogP contribution in [0.1, 0.15) is 306 Å². The van der Waals surface area contributed by atoms with Gasteiger partial charge >= 0.3 is 0 Å². The van der Waals surface area contributed by atoms with E-state index in [2.05, 4.69) is 12.1 Å². The molecule has 9 unspecified atom stereocenters. The van der Waals surface area contributed by atoms with E-state index in [1.807, 2.05) is 298 Å². The van der Waals surface area contributed by atoms with Crippen LogP contribution in [0.15, 0.2) is 303 Å². The normalized spacial score (nSPS) is 26.0. The summed E-state index contributed by atoms with van der Waals surface area (Å²) in [7, 11) is 0. The molecular formula is C120H156O9. The van der Waals surface area contributed by atoms with Crippen molar-refractivity contribution in [3.8, 4) is 0 Å². The Bertz CT molecular complexity index is 4340. The van der Waals surface area contributed by atoms with Crippen LogP contribution < -0.4 is 0 Å². The first-order valence-corrected chi connectivity index (χ1v) is 50.8. The molecule has 9 aliphatic rings. The van der Waals surface area contributed by atoms with E-state index in [1.54, 1.807) is 0 Å². The molecule has 9 aliphatic carbocycles. The highest BCUT2D eigenvalue weighted by Crippen LogP contribution is 2.50. The molecule has 9 nitrogen and oxygen atoms in total. The van der Waals surface area contributed by atoms with Gasteiger partial charge in [-0.05, 0) is 236 Å². The van der Waals surface area contributed by atoms with Crippen molar-refractivity contribution in [2.45, 2.75) is 304 Å². The third-order valence-corrected chi connectivity index (χ3v) is 31.8. The van der Waals surface area contributed by atoms with Gasteiger partial charge in [-0.3, -0.25) is 0 Å². The molecule has 0 aromatic heterocycles. The second-order valence-corrected chi connectivity index (χ2v) is 40.2. The molecule has 9 fully saturated rings. The fourth-order valence-electron chi connectivity index (χ4n) is 24.5. The van der Waals surface area contributed by atoms with Gasteiger partial charge in [-0.1, -0.05) is 438 Å². The number of benzene rings is 10. The van der Waals surface area contributed by atoms with E-state index < -0.39 is 22.9 Å². The van der Waals surface area contributed by atoms with Gasteiger partial charge in [0.25, 0.3) is 0 Å². The minimum atomic E-state index is -1.12. The lowest BCUT2D eigenvalue weighted by Crippen LogP contribution is -2.43. The minimum absolute atomic E-state index is 0.00882. The predicted octanol–water partition coefficient (Wildman–Crippen LogP) is 26.6. The Morgan fingerprint density at radius 2 is 0.488 bits per heavy atom. The van der Waals surface area contributed by atoms with Crippen molar-refractivity contribution in [3.05, 3.63) is 359 Å². The molecule has 19 rings (SSSR count). The highest BCUT2D eigenvalue weighted by molar-refractivity contribution is 5.47. The number of hydrogen-bond acceptors (Lipinski definition) is 9. The highest BCUT2D eigenvalue weighted by atomic mass is 16.3. The smallest absolute Gasteiger partial charge is 0.140 e. The van der Waals surface area contributed by atoms with Crippen LogP contribution in [0.3, 0.4) is 0 Å². The molecule has 10 aromatic rings. The molecule has 129 heavy (non-hydrogen) atoms. The molecule has 9 saturated carbocycles. The van der Waals surface area contributed by atoms with Gasteiger partial charge in [0.15, 0.2) is 0 Å². The summed E-state index contributed by atoms with van der Waals surface area (Å²) in [6, 6.07) is 97.9. The largest absolute Gasteiger partial charge is 0.393 e. The first-order valence-electron chi connectivity index (χ1n) is 50.8. The molecule has 0 aliphatic heterocycles. The number of aliphatic hydroxyl groups is 9. The van der Waals surface area contributed by atoms with Crippen molar-refractivity contribution in [1.82, 2.24) is 0 Å². The molecule has 10 aromatic carbocycles. The second kappa shape index (κ2) is 51.2. The number of hydrogen-bond donors (Lipinski definition) is 9. The van der Waals surface area contributed by atoms with Crippen LogP contribution in [0.25, 0.3) is 0 Å². The molecule has 9 atom stereocenters.